The summed E-state index contributed by atoms with van der Waals surface area (Å²) in [4.78, 5) is 50.2. The minimum Gasteiger partial charge on any atom is -0.389 e. The van der Waals surface area contributed by atoms with E-state index in [-0.39, 0.29) is 12.0 Å². The number of aromatic nitrogens is 8. The molecule has 4 aromatic heterocycles. The van der Waals surface area contributed by atoms with Crippen LogP contribution in [0.1, 0.15) is 48.2 Å². The summed E-state index contributed by atoms with van der Waals surface area (Å²) in [5.41, 5.74) is 9.37. The molecule has 2 aliphatic rings. The third-order valence-corrected chi connectivity index (χ3v) is 12.4. The minimum atomic E-state index is -0.771. The summed E-state index contributed by atoms with van der Waals surface area (Å²) in [6.45, 7) is 7.14. The lowest BCUT2D eigenvalue weighted by atomic mass is 10.1. The number of esters is 2. The number of carbonyl (C=O) groups is 2. The average molecular weight is 855 g/mol. The molecule has 0 aliphatic carbocycles. The fourth-order valence-electron chi connectivity index (χ4n) is 8.90. The third kappa shape index (κ3) is 8.61. The highest BCUT2D eigenvalue weighted by Crippen LogP contribution is 2.28. The Morgan fingerprint density at radius 1 is 0.531 bits per heavy atom. The lowest BCUT2D eigenvalue weighted by molar-refractivity contribution is -0.132. The Labute approximate surface area is 371 Å². The van der Waals surface area contributed by atoms with Gasteiger partial charge in [0, 0.05) is 50.5 Å². The van der Waals surface area contributed by atoms with Crippen LogP contribution in [-0.2, 0) is 49.9 Å². The predicted octanol–water partition coefficient (Wildman–Crippen LogP) is 7.54. The first-order valence-electron chi connectivity index (χ1n) is 22.0. The van der Waals surface area contributed by atoms with Gasteiger partial charge in [0.2, 0.25) is 0 Å². The number of carbonyl (C=O) groups excluding carboxylic acids is 2. The smallest absolute Gasteiger partial charge is 0.338 e. The number of nitrogens with zero attached hydrogens (tertiary/aromatic N) is 10. The van der Waals surface area contributed by atoms with Crippen molar-refractivity contribution < 1.29 is 19.1 Å². The highest BCUT2D eigenvalue weighted by Gasteiger charge is 2.20. The van der Waals surface area contributed by atoms with Crippen LogP contribution >= 0.6 is 0 Å². The van der Waals surface area contributed by atoms with Gasteiger partial charge in [-0.15, -0.1) is 0 Å². The van der Waals surface area contributed by atoms with Crippen molar-refractivity contribution in [2.45, 2.75) is 51.9 Å². The van der Waals surface area contributed by atoms with Gasteiger partial charge in [-0.3, -0.25) is 18.9 Å². The molecule has 0 saturated carbocycles. The van der Waals surface area contributed by atoms with Crippen molar-refractivity contribution in [1.82, 2.24) is 48.0 Å². The van der Waals surface area contributed by atoms with Crippen LogP contribution in [0.2, 0.25) is 0 Å². The van der Waals surface area contributed by atoms with E-state index in [0.717, 1.165) is 96.4 Å². The van der Waals surface area contributed by atoms with Crippen LogP contribution in [-0.4, -0.2) is 86.1 Å². The summed E-state index contributed by atoms with van der Waals surface area (Å²) < 4.78 is 19.6. The van der Waals surface area contributed by atoms with Gasteiger partial charge in [0.25, 0.3) is 0 Å². The number of benzene rings is 4. The molecule has 2 fully saturated rings. The van der Waals surface area contributed by atoms with E-state index in [0.29, 0.717) is 24.1 Å². The second kappa shape index (κ2) is 17.9. The Hall–Kier alpha value is -7.16. The SMILES string of the molecule is Cn1c(CN2CCCC2)cnc1-c1ccc(Cn2c(OC(=O)/C=C/C(=O)Oc3nc4ccccc4n3Cc3ccc(-c4ncc(CN5CCCC5)n4C)cc3)nc3ccccc32)cc1. The van der Waals surface area contributed by atoms with Crippen LogP contribution in [0.25, 0.3) is 44.8 Å². The molecule has 0 N–H and O–H groups in total. The lowest BCUT2D eigenvalue weighted by Crippen LogP contribution is -2.20. The van der Waals surface area contributed by atoms with E-state index in [4.69, 9.17) is 19.4 Å². The van der Waals surface area contributed by atoms with Gasteiger partial charge in [0.15, 0.2) is 0 Å². The van der Waals surface area contributed by atoms with Crippen molar-refractivity contribution >= 4 is 34.0 Å². The van der Waals surface area contributed by atoms with Crippen molar-refractivity contribution in [1.29, 1.82) is 0 Å². The average Bonchev–Trinajstić information content (AvgIpc) is 4.20. The van der Waals surface area contributed by atoms with Crippen molar-refractivity contribution in [2.24, 2.45) is 14.1 Å². The molecular formula is C50H50N10O4. The summed E-state index contributed by atoms with van der Waals surface area (Å²) in [6, 6.07) is 31.9. The monoisotopic (exact) mass is 854 g/mol. The number of fused-ring (bicyclic) bond motifs is 2. The number of likely N-dealkylation sites (tertiary alicyclic amines) is 2. The molecule has 0 atom stereocenters. The highest BCUT2D eigenvalue weighted by atomic mass is 16.6. The fraction of sp³-hybridized carbons (Fsp3) is 0.280. The molecule has 0 spiro atoms. The zero-order chi connectivity index (χ0) is 43.6. The highest BCUT2D eigenvalue weighted by molar-refractivity contribution is 5.93. The summed E-state index contributed by atoms with van der Waals surface area (Å²) in [5, 5.41) is 0. The van der Waals surface area contributed by atoms with Crippen molar-refractivity contribution in [2.75, 3.05) is 26.2 Å². The van der Waals surface area contributed by atoms with Crippen molar-refractivity contribution in [3.05, 3.63) is 144 Å². The summed E-state index contributed by atoms with van der Waals surface area (Å²) >= 11 is 0. The maximum absolute atomic E-state index is 13.3. The van der Waals surface area contributed by atoms with E-state index in [1.54, 1.807) is 0 Å². The largest absolute Gasteiger partial charge is 0.389 e. The summed E-state index contributed by atoms with van der Waals surface area (Å²) in [6.07, 6.45) is 11.0. The third-order valence-electron chi connectivity index (χ3n) is 12.4. The molecule has 14 heteroatoms. The molecule has 0 unspecified atom stereocenters. The second-order valence-corrected chi connectivity index (χ2v) is 16.7. The first-order chi connectivity index (χ1) is 31.3. The van der Waals surface area contributed by atoms with Gasteiger partial charge in [-0.05, 0) is 87.3 Å². The van der Waals surface area contributed by atoms with Crippen LogP contribution in [0, 0.1) is 0 Å². The van der Waals surface area contributed by atoms with Gasteiger partial charge in [0.05, 0.1) is 58.9 Å². The first-order valence-corrected chi connectivity index (χ1v) is 22.0. The Morgan fingerprint density at radius 3 is 1.33 bits per heavy atom. The van der Waals surface area contributed by atoms with Gasteiger partial charge < -0.3 is 18.6 Å². The van der Waals surface area contributed by atoms with Crippen LogP contribution in [0.4, 0.5) is 0 Å². The molecule has 8 aromatic rings. The zero-order valence-corrected chi connectivity index (χ0v) is 36.1. The van der Waals surface area contributed by atoms with Gasteiger partial charge in [-0.2, -0.15) is 9.97 Å². The van der Waals surface area contributed by atoms with Gasteiger partial charge >= 0.3 is 24.0 Å². The molecule has 324 valence electrons. The molecule has 2 saturated heterocycles. The maximum atomic E-state index is 13.3. The predicted molar refractivity (Wildman–Crippen MR) is 244 cm³/mol. The van der Waals surface area contributed by atoms with E-state index in [1.807, 2.05) is 70.1 Å². The maximum Gasteiger partial charge on any atom is 0.338 e. The van der Waals surface area contributed by atoms with E-state index in [2.05, 4.69) is 91.5 Å². The minimum absolute atomic E-state index is 0.113. The molecule has 2 aliphatic heterocycles. The summed E-state index contributed by atoms with van der Waals surface area (Å²) in [5.74, 6) is 0.291. The molecule has 0 amide bonds. The zero-order valence-electron chi connectivity index (χ0n) is 36.1. The number of ether oxygens (including phenoxy) is 2. The molecule has 10 rings (SSSR count). The molecule has 6 heterocycles. The Bertz CT molecular complexity index is 2780. The number of hydrogen-bond donors (Lipinski definition) is 0. The topological polar surface area (TPSA) is 130 Å². The van der Waals surface area contributed by atoms with Gasteiger partial charge in [-0.1, -0.05) is 72.8 Å². The number of hydrogen-bond acceptors (Lipinski definition) is 10. The molecule has 4 aromatic carbocycles. The quantitative estimate of drug-likeness (QED) is 0.0799. The molecule has 0 radical (unpaired) electrons. The second-order valence-electron chi connectivity index (χ2n) is 16.7. The van der Waals surface area contributed by atoms with E-state index in [9.17, 15) is 9.59 Å². The molecular weight excluding hydrogens is 805 g/mol. The number of rotatable bonds is 14. The normalized spacial score (nSPS) is 14.7. The first kappa shape index (κ1) is 40.9. The fourth-order valence-corrected chi connectivity index (χ4v) is 8.90. The molecule has 64 heavy (non-hydrogen) atoms. The van der Waals surface area contributed by atoms with Crippen molar-refractivity contribution in [3.63, 3.8) is 0 Å². The van der Waals surface area contributed by atoms with E-state index < -0.39 is 11.9 Å². The van der Waals surface area contributed by atoms with Crippen molar-refractivity contribution in [3.8, 4) is 34.8 Å². The van der Waals surface area contributed by atoms with Crippen LogP contribution < -0.4 is 9.47 Å². The molecule has 14 nitrogen and oxygen atoms in total. The standard InChI is InChI=1S/C50H50N10O4/c1-55-39(33-57-25-7-8-26-57)29-51-47(55)37-19-15-35(16-20-37)31-59-43-13-5-3-11-41(43)53-49(59)63-45(61)23-24-46(62)64-50-54-42-12-4-6-14-44(42)60(50)32-36-17-21-38(22-18-36)48-52-30-40(56(48)2)34-58-27-9-10-28-58/h3-6,11-24,29-30H,7-10,25-28,31-34H2,1-2H3/b24-23+. The summed E-state index contributed by atoms with van der Waals surface area (Å²) in [7, 11) is 4.14. The Morgan fingerprint density at radius 2 is 0.922 bits per heavy atom. The Balaban J connectivity index is 0.807. The van der Waals surface area contributed by atoms with Gasteiger partial charge in [-0.25, -0.2) is 19.6 Å². The molecule has 0 bridgehead atoms. The van der Waals surface area contributed by atoms with Crippen LogP contribution in [0.15, 0.2) is 122 Å². The van der Waals surface area contributed by atoms with Crippen LogP contribution in [0.5, 0.6) is 12.0 Å². The number of para-hydroxylation sites is 4. The van der Waals surface area contributed by atoms with E-state index >= 15 is 0 Å². The van der Waals surface area contributed by atoms with E-state index in [1.165, 1.54) is 37.1 Å². The lowest BCUT2D eigenvalue weighted by Gasteiger charge is -2.15. The Kier molecular flexibility index (Phi) is 11.4. The van der Waals surface area contributed by atoms with Crippen LogP contribution in [0.3, 0.4) is 0 Å². The van der Waals surface area contributed by atoms with Gasteiger partial charge in [0.1, 0.15) is 11.6 Å². The number of imidazole rings is 4.